The van der Waals surface area contributed by atoms with Crippen LogP contribution < -0.4 is 18.9 Å². The van der Waals surface area contributed by atoms with Crippen LogP contribution >= 0.6 is 0 Å². The zero-order chi connectivity index (χ0) is 32.1. The predicted molar refractivity (Wildman–Crippen MR) is 175 cm³/mol. The third-order valence-corrected chi connectivity index (χ3v) is 10.3. The highest BCUT2D eigenvalue weighted by atomic mass is 16.5. The first kappa shape index (κ1) is 30.0. The highest BCUT2D eigenvalue weighted by molar-refractivity contribution is 5.70. The van der Waals surface area contributed by atoms with Crippen molar-refractivity contribution >= 4 is 0 Å². The van der Waals surface area contributed by atoms with E-state index in [1.54, 1.807) is 30.3 Å². The molecule has 0 bridgehead atoms. The van der Waals surface area contributed by atoms with Gasteiger partial charge in [-0.25, -0.2) is 0 Å². The summed E-state index contributed by atoms with van der Waals surface area (Å²) in [7, 11) is 0. The Morgan fingerprint density at radius 1 is 0.723 bits per heavy atom. The number of benzene rings is 4. The fraction of sp³-hybridized carbons (Fsp3) is 0.385. The maximum Gasteiger partial charge on any atom is 0.128 e. The van der Waals surface area contributed by atoms with Crippen LogP contribution in [0.2, 0.25) is 0 Å². The lowest BCUT2D eigenvalue weighted by Gasteiger charge is -2.41. The number of phenolic OH excluding ortho intramolecular Hbond substituents is 2. The molecule has 8 rings (SSSR count). The third-order valence-electron chi connectivity index (χ3n) is 10.3. The van der Waals surface area contributed by atoms with Gasteiger partial charge in [0.05, 0.1) is 38.1 Å². The van der Waals surface area contributed by atoms with Crippen molar-refractivity contribution in [2.24, 2.45) is 11.8 Å². The molecule has 4 aromatic rings. The number of hydrogen-bond acceptors (Lipinski definition) is 8. The van der Waals surface area contributed by atoms with Gasteiger partial charge in [0, 0.05) is 40.5 Å². The topological polar surface area (TPSA) is 118 Å². The van der Waals surface area contributed by atoms with Crippen LogP contribution in [0.3, 0.4) is 0 Å². The molecule has 4 atom stereocenters. The molecule has 4 aliphatic rings. The smallest absolute Gasteiger partial charge is 0.128 e. The summed E-state index contributed by atoms with van der Waals surface area (Å²) in [5, 5.41) is 44.6. The molecule has 244 valence electrons. The van der Waals surface area contributed by atoms with Gasteiger partial charge in [-0.15, -0.1) is 0 Å². The quantitative estimate of drug-likeness (QED) is 0.183. The van der Waals surface area contributed by atoms with E-state index in [0.29, 0.717) is 35.8 Å². The summed E-state index contributed by atoms with van der Waals surface area (Å²) in [5.74, 6) is 2.20. The predicted octanol–water partition coefficient (Wildman–Crippen LogP) is 6.79. The summed E-state index contributed by atoms with van der Waals surface area (Å²) in [6.45, 7) is 1.12. The second-order valence-electron chi connectivity index (χ2n) is 13.3. The van der Waals surface area contributed by atoms with E-state index >= 15 is 0 Å². The first-order valence-corrected chi connectivity index (χ1v) is 16.8. The van der Waals surface area contributed by atoms with Gasteiger partial charge in [0.2, 0.25) is 0 Å². The number of hydrogen-bond donors (Lipinski definition) is 4. The molecule has 0 saturated heterocycles. The average molecular weight is 637 g/mol. The molecule has 4 aromatic carbocycles. The highest BCUT2D eigenvalue weighted by Crippen LogP contribution is 2.50. The molecule has 0 unspecified atom stereocenters. The van der Waals surface area contributed by atoms with Gasteiger partial charge in [-0.1, -0.05) is 18.2 Å². The summed E-state index contributed by atoms with van der Waals surface area (Å²) >= 11 is 0. The Bertz CT molecular complexity index is 1790. The number of ether oxygens (including phenoxy) is 4. The molecule has 1 saturated carbocycles. The molecule has 0 radical (unpaired) electrons. The van der Waals surface area contributed by atoms with E-state index in [1.165, 1.54) is 0 Å². The number of aromatic hydroxyl groups is 2. The first-order chi connectivity index (χ1) is 22.9. The normalized spacial score (nSPS) is 23.4. The van der Waals surface area contributed by atoms with Crippen LogP contribution in [0.15, 0.2) is 66.7 Å². The summed E-state index contributed by atoms with van der Waals surface area (Å²) in [5.41, 5.74) is 5.75. The fourth-order valence-electron chi connectivity index (χ4n) is 7.97. The van der Waals surface area contributed by atoms with Crippen LogP contribution in [0.5, 0.6) is 34.5 Å². The van der Waals surface area contributed by atoms with Crippen molar-refractivity contribution in [2.75, 3.05) is 19.8 Å². The van der Waals surface area contributed by atoms with Gasteiger partial charge in [-0.3, -0.25) is 0 Å². The first-order valence-electron chi connectivity index (χ1n) is 16.8. The van der Waals surface area contributed by atoms with Gasteiger partial charge >= 0.3 is 0 Å². The van der Waals surface area contributed by atoms with Crippen molar-refractivity contribution in [1.29, 1.82) is 0 Å². The maximum absolute atomic E-state index is 12.1. The zero-order valence-corrected chi connectivity index (χ0v) is 26.2. The number of phenols is 2. The summed E-state index contributed by atoms with van der Waals surface area (Å²) in [6.07, 6.45) is 4.66. The molecule has 8 nitrogen and oxygen atoms in total. The van der Waals surface area contributed by atoms with E-state index < -0.39 is 24.0 Å². The molecule has 4 N–H and O–H groups in total. The SMILES string of the molecule is Oc1cccc(-c2ccc(O)cc2Cc2cc(OC3CCCC3)cc3c2OC[C@H]([C@@H]2COc4ccc5c(c4[C@@H]2O)CCCO5)[C@@H]3O)c1. The van der Waals surface area contributed by atoms with Crippen LogP contribution in [0.4, 0.5) is 0 Å². The molecular weight excluding hydrogens is 596 g/mol. The van der Waals surface area contributed by atoms with Crippen molar-refractivity contribution in [1.82, 2.24) is 0 Å². The van der Waals surface area contributed by atoms with Crippen molar-refractivity contribution in [3.8, 4) is 45.6 Å². The lowest BCUT2D eigenvalue weighted by molar-refractivity contribution is -0.0559. The number of aliphatic hydroxyl groups excluding tert-OH is 2. The maximum atomic E-state index is 12.1. The fourth-order valence-corrected chi connectivity index (χ4v) is 7.97. The van der Waals surface area contributed by atoms with Gasteiger partial charge in [0.15, 0.2) is 0 Å². The molecule has 1 fully saturated rings. The third kappa shape index (κ3) is 5.63. The molecule has 8 heteroatoms. The van der Waals surface area contributed by atoms with E-state index in [0.717, 1.165) is 77.7 Å². The van der Waals surface area contributed by atoms with E-state index in [1.807, 2.05) is 36.4 Å². The molecule has 1 aliphatic carbocycles. The Morgan fingerprint density at radius 3 is 2.36 bits per heavy atom. The van der Waals surface area contributed by atoms with Gasteiger partial charge in [-0.2, -0.15) is 0 Å². The van der Waals surface area contributed by atoms with Crippen LogP contribution in [-0.4, -0.2) is 46.4 Å². The second-order valence-corrected chi connectivity index (χ2v) is 13.3. The van der Waals surface area contributed by atoms with Gasteiger partial charge in [-0.05, 0) is 104 Å². The van der Waals surface area contributed by atoms with Gasteiger partial charge in [0.25, 0.3) is 0 Å². The Hall–Kier alpha value is -4.40. The molecule has 0 spiro atoms. The Balaban J connectivity index is 1.16. The summed E-state index contributed by atoms with van der Waals surface area (Å²) in [4.78, 5) is 0. The van der Waals surface area contributed by atoms with Crippen molar-refractivity contribution in [3.05, 3.63) is 94.5 Å². The lowest BCUT2D eigenvalue weighted by atomic mass is 9.75. The van der Waals surface area contributed by atoms with Crippen molar-refractivity contribution in [3.63, 3.8) is 0 Å². The Labute approximate surface area is 274 Å². The van der Waals surface area contributed by atoms with Crippen LogP contribution in [0, 0.1) is 11.8 Å². The molecule has 3 aliphatic heterocycles. The van der Waals surface area contributed by atoms with E-state index in [2.05, 4.69) is 0 Å². The monoisotopic (exact) mass is 636 g/mol. The van der Waals surface area contributed by atoms with E-state index in [9.17, 15) is 20.4 Å². The number of fused-ring (bicyclic) bond motifs is 4. The zero-order valence-electron chi connectivity index (χ0n) is 26.2. The number of aliphatic hydroxyl groups is 2. The minimum atomic E-state index is -0.931. The molecule has 3 heterocycles. The van der Waals surface area contributed by atoms with E-state index in [-0.39, 0.29) is 30.8 Å². The molecule has 47 heavy (non-hydrogen) atoms. The van der Waals surface area contributed by atoms with Crippen LogP contribution in [-0.2, 0) is 12.8 Å². The Morgan fingerprint density at radius 2 is 1.51 bits per heavy atom. The molecule has 0 aromatic heterocycles. The van der Waals surface area contributed by atoms with E-state index in [4.69, 9.17) is 18.9 Å². The van der Waals surface area contributed by atoms with Gasteiger partial charge in [0.1, 0.15) is 34.5 Å². The van der Waals surface area contributed by atoms with Crippen molar-refractivity contribution in [2.45, 2.75) is 63.3 Å². The second kappa shape index (κ2) is 12.3. The van der Waals surface area contributed by atoms with Crippen LogP contribution in [0.25, 0.3) is 11.1 Å². The largest absolute Gasteiger partial charge is 0.508 e. The Kier molecular flexibility index (Phi) is 7.86. The standard InChI is InChI=1S/C39H40O8/c40-25-6-3-5-22(16-25)29-11-10-26(41)17-23(29)15-24-18-28(47-27-7-1-2-8-27)19-31-37(42)32(21-46-39(24)31)33-20-45-35-13-12-34-30(9-4-14-44-34)36(35)38(33)43/h3,5-6,10-13,16-19,27,32-33,37-38,40-43H,1-2,4,7-9,14-15,20-21H2/t32-,33+,37-,38-/m1/s1. The summed E-state index contributed by atoms with van der Waals surface area (Å²) < 4.78 is 25.1. The number of rotatable bonds is 6. The highest BCUT2D eigenvalue weighted by Gasteiger charge is 2.44. The molecular formula is C39H40O8. The van der Waals surface area contributed by atoms with Crippen LogP contribution in [0.1, 0.15) is 72.1 Å². The average Bonchev–Trinajstić information content (AvgIpc) is 3.59. The van der Waals surface area contributed by atoms with Crippen molar-refractivity contribution < 1.29 is 39.4 Å². The molecule has 0 amide bonds. The van der Waals surface area contributed by atoms with Gasteiger partial charge < -0.3 is 39.4 Å². The minimum Gasteiger partial charge on any atom is -0.508 e. The lowest BCUT2D eigenvalue weighted by Crippen LogP contribution is -2.40. The minimum absolute atomic E-state index is 0.112. The summed E-state index contributed by atoms with van der Waals surface area (Å²) in [6, 6.07) is 19.9.